The average molecular weight is 253 g/mol. The van der Waals surface area contributed by atoms with Crippen LogP contribution in [0.3, 0.4) is 0 Å². The standard InChI is InChI=1S/C9H11N5O2S/c1-13-8(15)7(12-14(2)9(13)16)11-4-6-3-10-5-17-6/h3,5H,4H2,1-2H3,(H,11,12). The van der Waals surface area contributed by atoms with Crippen molar-refractivity contribution in [3.05, 3.63) is 37.4 Å². The molecule has 0 bridgehead atoms. The van der Waals surface area contributed by atoms with Gasteiger partial charge in [-0.3, -0.25) is 14.3 Å². The summed E-state index contributed by atoms with van der Waals surface area (Å²) in [4.78, 5) is 28.0. The minimum absolute atomic E-state index is 0.156. The van der Waals surface area contributed by atoms with Crippen LogP contribution in [0.1, 0.15) is 4.88 Å². The number of nitrogens with zero attached hydrogens (tertiary/aromatic N) is 4. The Morgan fingerprint density at radius 2 is 2.18 bits per heavy atom. The lowest BCUT2D eigenvalue weighted by atomic mass is 10.5. The first-order chi connectivity index (χ1) is 8.09. The number of thiazole rings is 1. The number of nitrogens with one attached hydrogen (secondary N) is 1. The molecule has 0 saturated carbocycles. The van der Waals surface area contributed by atoms with Crippen molar-refractivity contribution >= 4 is 17.2 Å². The van der Waals surface area contributed by atoms with Crippen molar-refractivity contribution in [3.8, 4) is 0 Å². The summed E-state index contributed by atoms with van der Waals surface area (Å²) in [5, 5.41) is 6.77. The van der Waals surface area contributed by atoms with Crippen LogP contribution in [0.15, 0.2) is 21.3 Å². The number of hydrogen-bond donors (Lipinski definition) is 1. The zero-order valence-electron chi connectivity index (χ0n) is 9.38. The fourth-order valence-corrected chi connectivity index (χ4v) is 1.84. The second-order valence-corrected chi connectivity index (χ2v) is 4.41. The SMILES string of the molecule is Cn1nc(NCc2cncs2)c(=O)n(C)c1=O. The highest BCUT2D eigenvalue weighted by Gasteiger charge is 2.08. The lowest BCUT2D eigenvalue weighted by Crippen LogP contribution is -2.39. The van der Waals surface area contributed by atoms with E-state index >= 15 is 0 Å². The van der Waals surface area contributed by atoms with Gasteiger partial charge in [-0.25, -0.2) is 9.48 Å². The monoisotopic (exact) mass is 253 g/mol. The highest BCUT2D eigenvalue weighted by molar-refractivity contribution is 7.09. The molecule has 2 aromatic heterocycles. The minimum Gasteiger partial charge on any atom is -0.359 e. The third-order valence-corrected chi connectivity index (χ3v) is 3.01. The predicted molar refractivity (Wildman–Crippen MR) is 64.2 cm³/mol. The van der Waals surface area contributed by atoms with E-state index in [4.69, 9.17) is 0 Å². The van der Waals surface area contributed by atoms with E-state index in [-0.39, 0.29) is 5.82 Å². The summed E-state index contributed by atoms with van der Waals surface area (Å²) in [7, 11) is 2.92. The van der Waals surface area contributed by atoms with E-state index in [2.05, 4.69) is 15.4 Å². The van der Waals surface area contributed by atoms with Gasteiger partial charge in [-0.1, -0.05) is 0 Å². The molecule has 0 atom stereocenters. The van der Waals surface area contributed by atoms with E-state index < -0.39 is 11.2 Å². The summed E-state index contributed by atoms with van der Waals surface area (Å²) >= 11 is 1.48. The average Bonchev–Trinajstić information content (AvgIpc) is 2.82. The molecule has 0 aliphatic carbocycles. The third-order valence-electron chi connectivity index (χ3n) is 2.23. The fourth-order valence-electron chi connectivity index (χ4n) is 1.31. The maximum absolute atomic E-state index is 11.7. The van der Waals surface area contributed by atoms with Crippen LogP contribution >= 0.6 is 11.3 Å². The molecule has 1 N–H and O–H groups in total. The van der Waals surface area contributed by atoms with Gasteiger partial charge in [0.15, 0.2) is 0 Å². The Morgan fingerprint density at radius 1 is 1.41 bits per heavy atom. The second kappa shape index (κ2) is 4.50. The number of hydrogen-bond acceptors (Lipinski definition) is 6. The molecule has 0 saturated heterocycles. The Labute approximate surface area is 100 Å². The lowest BCUT2D eigenvalue weighted by Gasteiger charge is -2.06. The Hall–Kier alpha value is -1.96. The molecule has 2 heterocycles. The van der Waals surface area contributed by atoms with Crippen LogP contribution in [0.2, 0.25) is 0 Å². The van der Waals surface area contributed by atoms with Crippen molar-refractivity contribution in [2.24, 2.45) is 14.1 Å². The molecule has 7 nitrogen and oxygen atoms in total. The molecular formula is C9H11N5O2S. The fraction of sp³-hybridized carbons (Fsp3) is 0.333. The van der Waals surface area contributed by atoms with Gasteiger partial charge in [0.1, 0.15) is 0 Å². The van der Waals surface area contributed by atoms with Crippen molar-refractivity contribution in [3.63, 3.8) is 0 Å². The van der Waals surface area contributed by atoms with Crippen LogP contribution in [0.4, 0.5) is 5.82 Å². The van der Waals surface area contributed by atoms with Crippen LogP contribution in [-0.4, -0.2) is 19.3 Å². The smallest absolute Gasteiger partial charge is 0.346 e. The summed E-state index contributed by atoms with van der Waals surface area (Å²) in [6.07, 6.45) is 1.71. The molecule has 8 heteroatoms. The normalized spacial score (nSPS) is 10.5. The molecular weight excluding hydrogens is 242 g/mol. The van der Waals surface area contributed by atoms with Crippen LogP contribution in [-0.2, 0) is 20.6 Å². The van der Waals surface area contributed by atoms with Crippen molar-refractivity contribution in [2.75, 3.05) is 5.32 Å². The van der Waals surface area contributed by atoms with E-state index in [1.54, 1.807) is 11.7 Å². The summed E-state index contributed by atoms with van der Waals surface area (Å²) in [5.41, 5.74) is 0.833. The molecule has 0 aliphatic heterocycles. The van der Waals surface area contributed by atoms with Gasteiger partial charge in [-0.15, -0.1) is 16.4 Å². The molecule has 2 aromatic rings. The summed E-state index contributed by atoms with van der Waals surface area (Å²) in [6.45, 7) is 0.463. The number of aryl methyl sites for hydroxylation is 1. The van der Waals surface area contributed by atoms with Crippen LogP contribution in [0.25, 0.3) is 0 Å². The molecule has 0 aliphatic rings. The topological polar surface area (TPSA) is 81.8 Å². The first-order valence-corrected chi connectivity index (χ1v) is 5.73. The van der Waals surface area contributed by atoms with Gasteiger partial charge in [0, 0.05) is 25.2 Å². The lowest BCUT2D eigenvalue weighted by molar-refractivity contribution is 0.604. The van der Waals surface area contributed by atoms with Crippen molar-refractivity contribution in [2.45, 2.75) is 6.54 Å². The van der Waals surface area contributed by atoms with Crippen molar-refractivity contribution in [1.82, 2.24) is 19.3 Å². The van der Waals surface area contributed by atoms with Gasteiger partial charge in [-0.2, -0.15) is 0 Å². The molecule has 0 fully saturated rings. The first-order valence-electron chi connectivity index (χ1n) is 4.85. The van der Waals surface area contributed by atoms with E-state index in [0.29, 0.717) is 6.54 Å². The van der Waals surface area contributed by atoms with E-state index in [1.165, 1.54) is 25.4 Å². The van der Waals surface area contributed by atoms with Crippen LogP contribution < -0.4 is 16.6 Å². The van der Waals surface area contributed by atoms with Gasteiger partial charge >= 0.3 is 5.69 Å². The largest absolute Gasteiger partial charge is 0.359 e. The van der Waals surface area contributed by atoms with Crippen molar-refractivity contribution < 1.29 is 0 Å². The first kappa shape index (κ1) is 11.5. The van der Waals surface area contributed by atoms with Crippen LogP contribution in [0, 0.1) is 0 Å². The Kier molecular flexibility index (Phi) is 3.05. The van der Waals surface area contributed by atoms with Gasteiger partial charge in [0.2, 0.25) is 5.82 Å². The number of anilines is 1. The molecule has 0 unspecified atom stereocenters. The second-order valence-electron chi connectivity index (χ2n) is 3.44. The summed E-state index contributed by atoms with van der Waals surface area (Å²) in [6, 6.07) is 0. The van der Waals surface area contributed by atoms with E-state index in [0.717, 1.165) is 14.1 Å². The highest BCUT2D eigenvalue weighted by atomic mass is 32.1. The van der Waals surface area contributed by atoms with E-state index in [1.807, 2.05) is 0 Å². The Balaban J connectivity index is 2.28. The quantitative estimate of drug-likeness (QED) is 0.801. The zero-order valence-corrected chi connectivity index (χ0v) is 10.2. The molecule has 0 radical (unpaired) electrons. The molecule has 0 aromatic carbocycles. The van der Waals surface area contributed by atoms with Gasteiger partial charge in [-0.05, 0) is 0 Å². The van der Waals surface area contributed by atoms with E-state index in [9.17, 15) is 9.59 Å². The maximum Gasteiger partial charge on any atom is 0.346 e. The molecule has 0 spiro atoms. The maximum atomic E-state index is 11.7. The van der Waals surface area contributed by atoms with Gasteiger partial charge in [0.05, 0.1) is 12.1 Å². The zero-order chi connectivity index (χ0) is 12.4. The molecule has 17 heavy (non-hydrogen) atoms. The molecule has 90 valence electrons. The Morgan fingerprint density at radius 3 is 2.82 bits per heavy atom. The molecule has 2 rings (SSSR count). The Bertz CT molecular complexity index is 628. The van der Waals surface area contributed by atoms with Crippen molar-refractivity contribution in [1.29, 1.82) is 0 Å². The number of aromatic nitrogens is 4. The third kappa shape index (κ3) is 2.26. The highest BCUT2D eigenvalue weighted by Crippen LogP contribution is 2.06. The summed E-state index contributed by atoms with van der Waals surface area (Å²) < 4.78 is 2.14. The minimum atomic E-state index is -0.446. The number of rotatable bonds is 3. The molecule has 0 amide bonds. The summed E-state index contributed by atoms with van der Waals surface area (Å²) in [5.74, 6) is 0.156. The predicted octanol–water partition coefficient (Wildman–Crippen LogP) is -0.452. The van der Waals surface area contributed by atoms with Gasteiger partial charge in [0.25, 0.3) is 5.56 Å². The van der Waals surface area contributed by atoms with Crippen LogP contribution in [0.5, 0.6) is 0 Å². The van der Waals surface area contributed by atoms with Gasteiger partial charge < -0.3 is 5.32 Å².